The molecule has 2 heterocycles. The number of nitrogens with zero attached hydrogens (tertiary/aromatic N) is 3. The van der Waals surface area contributed by atoms with Crippen LogP contribution in [0.5, 0.6) is 17.5 Å². The Morgan fingerprint density at radius 2 is 2.06 bits per heavy atom. The number of nitriles is 1. The van der Waals surface area contributed by atoms with Gasteiger partial charge in [0.05, 0.1) is 12.3 Å². The fourth-order valence-corrected chi connectivity index (χ4v) is 1.52. The molecule has 0 spiro atoms. The van der Waals surface area contributed by atoms with Crippen LogP contribution in [0, 0.1) is 11.3 Å². The van der Waals surface area contributed by atoms with Gasteiger partial charge in [-0.25, -0.2) is 0 Å². The third kappa shape index (κ3) is 2.35. The van der Waals surface area contributed by atoms with Gasteiger partial charge in [0.15, 0.2) is 17.8 Å². The van der Waals surface area contributed by atoms with Crippen LogP contribution in [0.15, 0.2) is 36.7 Å². The third-order valence-electron chi connectivity index (χ3n) is 2.38. The van der Waals surface area contributed by atoms with Crippen molar-refractivity contribution in [1.29, 1.82) is 5.26 Å². The Bertz CT molecular complexity index is 540. The monoisotopic (exact) mass is 245 g/mol. The Balaban J connectivity index is 2.10. The molecule has 0 fully saturated rings. The van der Waals surface area contributed by atoms with E-state index >= 15 is 0 Å². The first-order valence-electron chi connectivity index (χ1n) is 5.24. The first kappa shape index (κ1) is 11.8. The van der Waals surface area contributed by atoms with Gasteiger partial charge in [-0.3, -0.25) is 9.55 Å². The normalized spacial score (nSPS) is 11.7. The Kier molecular flexibility index (Phi) is 3.34. The van der Waals surface area contributed by atoms with Crippen LogP contribution in [-0.4, -0.2) is 26.4 Å². The number of aromatic nitrogens is 2. The van der Waals surface area contributed by atoms with E-state index in [4.69, 9.17) is 10.00 Å². The molecule has 0 bridgehead atoms. The summed E-state index contributed by atoms with van der Waals surface area (Å²) >= 11 is 0. The molecular formula is C12H11N3O3. The van der Waals surface area contributed by atoms with Crippen LogP contribution in [-0.2, 0) is 0 Å². The van der Waals surface area contributed by atoms with Crippen molar-refractivity contribution in [2.24, 2.45) is 0 Å². The predicted octanol–water partition coefficient (Wildman–Crippen LogP) is 1.44. The molecule has 6 nitrogen and oxygen atoms in total. The Hall–Kier alpha value is -2.68. The van der Waals surface area contributed by atoms with Crippen molar-refractivity contribution in [2.45, 2.75) is 6.04 Å². The van der Waals surface area contributed by atoms with Crippen LogP contribution in [0.25, 0.3) is 0 Å². The second-order valence-electron chi connectivity index (χ2n) is 3.56. The molecule has 1 unspecified atom stereocenters. The SMILES string of the molecule is N#CC(COc1cccnc1)n1c(O)ccc1O. The minimum Gasteiger partial charge on any atom is -0.494 e. The molecule has 6 heteroatoms. The summed E-state index contributed by atoms with van der Waals surface area (Å²) in [6, 6.07) is 7.17. The maximum atomic E-state index is 9.51. The fourth-order valence-electron chi connectivity index (χ4n) is 1.52. The molecule has 1 atom stereocenters. The summed E-state index contributed by atoms with van der Waals surface area (Å²) < 4.78 is 6.46. The van der Waals surface area contributed by atoms with Gasteiger partial charge in [-0.15, -0.1) is 0 Å². The van der Waals surface area contributed by atoms with Gasteiger partial charge in [0.2, 0.25) is 0 Å². The number of hydrogen-bond acceptors (Lipinski definition) is 5. The predicted molar refractivity (Wildman–Crippen MR) is 62.1 cm³/mol. The molecule has 0 amide bonds. The number of aromatic hydroxyl groups is 2. The molecule has 0 aliphatic carbocycles. The molecule has 2 aromatic heterocycles. The van der Waals surface area contributed by atoms with E-state index in [2.05, 4.69) is 4.98 Å². The van der Waals surface area contributed by atoms with E-state index in [1.165, 1.54) is 18.3 Å². The second kappa shape index (κ2) is 5.10. The Morgan fingerprint density at radius 1 is 1.33 bits per heavy atom. The molecular weight excluding hydrogens is 234 g/mol. The van der Waals surface area contributed by atoms with Gasteiger partial charge >= 0.3 is 0 Å². The largest absolute Gasteiger partial charge is 0.494 e. The van der Waals surface area contributed by atoms with Gasteiger partial charge in [-0.05, 0) is 12.1 Å². The van der Waals surface area contributed by atoms with Gasteiger partial charge in [0.1, 0.15) is 12.4 Å². The molecule has 18 heavy (non-hydrogen) atoms. The van der Waals surface area contributed by atoms with Crippen molar-refractivity contribution in [3.63, 3.8) is 0 Å². The van der Waals surface area contributed by atoms with Gasteiger partial charge in [0.25, 0.3) is 0 Å². The van der Waals surface area contributed by atoms with Crippen LogP contribution >= 0.6 is 0 Å². The Labute approximate surface area is 103 Å². The number of pyridine rings is 1. The highest BCUT2D eigenvalue weighted by Crippen LogP contribution is 2.26. The lowest BCUT2D eigenvalue weighted by molar-refractivity contribution is 0.254. The van der Waals surface area contributed by atoms with E-state index in [1.807, 2.05) is 6.07 Å². The lowest BCUT2D eigenvalue weighted by Gasteiger charge is -2.14. The summed E-state index contributed by atoms with van der Waals surface area (Å²) in [5.41, 5.74) is 0. The lowest BCUT2D eigenvalue weighted by atomic mass is 10.3. The molecule has 92 valence electrons. The summed E-state index contributed by atoms with van der Waals surface area (Å²) in [5.74, 6) is 0.145. The van der Waals surface area contributed by atoms with Crippen molar-refractivity contribution in [3.8, 4) is 23.6 Å². The average molecular weight is 245 g/mol. The highest BCUT2D eigenvalue weighted by atomic mass is 16.5. The van der Waals surface area contributed by atoms with Crippen molar-refractivity contribution in [2.75, 3.05) is 6.61 Å². The van der Waals surface area contributed by atoms with Crippen LogP contribution in [0.2, 0.25) is 0 Å². The summed E-state index contributed by atoms with van der Waals surface area (Å²) in [6.45, 7) is -0.00199. The zero-order valence-electron chi connectivity index (χ0n) is 9.39. The number of rotatable bonds is 4. The quantitative estimate of drug-likeness (QED) is 0.850. The maximum absolute atomic E-state index is 9.51. The van der Waals surface area contributed by atoms with Gasteiger partial charge in [-0.2, -0.15) is 5.26 Å². The first-order valence-corrected chi connectivity index (χ1v) is 5.24. The van der Waals surface area contributed by atoms with Crippen molar-refractivity contribution in [3.05, 3.63) is 36.7 Å². The fraction of sp³-hybridized carbons (Fsp3) is 0.167. The molecule has 2 rings (SSSR count). The topological polar surface area (TPSA) is 91.3 Å². The minimum atomic E-state index is -0.819. The number of hydrogen-bond donors (Lipinski definition) is 2. The smallest absolute Gasteiger partial charge is 0.195 e. The van der Waals surface area contributed by atoms with E-state index in [0.29, 0.717) is 5.75 Å². The van der Waals surface area contributed by atoms with Crippen molar-refractivity contribution >= 4 is 0 Å². The Morgan fingerprint density at radius 3 is 2.61 bits per heavy atom. The van der Waals surface area contributed by atoms with Crippen LogP contribution in [0.1, 0.15) is 6.04 Å². The molecule has 2 aromatic rings. The van der Waals surface area contributed by atoms with E-state index in [1.54, 1.807) is 18.3 Å². The van der Waals surface area contributed by atoms with Gasteiger partial charge in [-0.1, -0.05) is 0 Å². The average Bonchev–Trinajstić information content (AvgIpc) is 2.73. The zero-order chi connectivity index (χ0) is 13.0. The molecule has 0 aromatic carbocycles. The summed E-state index contributed by atoms with van der Waals surface area (Å²) in [4.78, 5) is 3.87. The molecule has 0 saturated heterocycles. The van der Waals surface area contributed by atoms with Crippen LogP contribution in [0.4, 0.5) is 0 Å². The number of ether oxygens (including phenoxy) is 1. The minimum absolute atomic E-state index is 0.00199. The molecule has 0 aliphatic heterocycles. The van der Waals surface area contributed by atoms with Crippen molar-refractivity contribution < 1.29 is 14.9 Å². The summed E-state index contributed by atoms with van der Waals surface area (Å²) in [7, 11) is 0. The van der Waals surface area contributed by atoms with Crippen LogP contribution in [0.3, 0.4) is 0 Å². The van der Waals surface area contributed by atoms with Crippen LogP contribution < -0.4 is 4.74 Å². The zero-order valence-corrected chi connectivity index (χ0v) is 9.39. The molecule has 0 radical (unpaired) electrons. The molecule has 0 aliphatic rings. The standard InChI is InChI=1S/C12H11N3O3/c13-6-9(15-11(16)3-4-12(15)17)8-18-10-2-1-5-14-7-10/h1-5,7,9,16-17H,8H2. The highest BCUT2D eigenvalue weighted by Gasteiger charge is 2.17. The molecule has 0 saturated carbocycles. The molecule has 2 N–H and O–H groups in total. The van der Waals surface area contributed by atoms with E-state index in [0.717, 1.165) is 4.57 Å². The highest BCUT2D eigenvalue weighted by molar-refractivity contribution is 5.27. The summed E-state index contributed by atoms with van der Waals surface area (Å²) in [6.07, 6.45) is 3.13. The third-order valence-corrected chi connectivity index (χ3v) is 2.38. The first-order chi connectivity index (χ1) is 8.72. The van der Waals surface area contributed by atoms with E-state index < -0.39 is 6.04 Å². The van der Waals surface area contributed by atoms with E-state index in [9.17, 15) is 10.2 Å². The lowest BCUT2D eigenvalue weighted by Crippen LogP contribution is -2.15. The van der Waals surface area contributed by atoms with Gasteiger partial charge < -0.3 is 14.9 Å². The summed E-state index contributed by atoms with van der Waals surface area (Å²) in [5, 5.41) is 28.1. The van der Waals surface area contributed by atoms with Crippen molar-refractivity contribution in [1.82, 2.24) is 9.55 Å². The van der Waals surface area contributed by atoms with E-state index in [-0.39, 0.29) is 18.4 Å². The van der Waals surface area contributed by atoms with Gasteiger partial charge in [0, 0.05) is 18.3 Å². The second-order valence-corrected chi connectivity index (χ2v) is 3.56. The maximum Gasteiger partial charge on any atom is 0.195 e.